The average Bonchev–Trinajstić information content (AvgIpc) is 3.19. The van der Waals surface area contributed by atoms with Gasteiger partial charge in [-0.2, -0.15) is 0 Å². The molecule has 124 valence electrons. The average molecular weight is 343 g/mol. The molecule has 0 spiro atoms. The predicted molar refractivity (Wildman–Crippen MR) is 90.8 cm³/mol. The van der Waals surface area contributed by atoms with Gasteiger partial charge in [0.1, 0.15) is 5.75 Å². The van der Waals surface area contributed by atoms with E-state index in [0.717, 1.165) is 22.3 Å². The molecule has 7 nitrogen and oxygen atoms in total. The van der Waals surface area contributed by atoms with Gasteiger partial charge in [0.25, 0.3) is 0 Å². The quantitative estimate of drug-likeness (QED) is 0.482. The molecule has 0 aliphatic heterocycles. The van der Waals surface area contributed by atoms with Crippen molar-refractivity contribution >= 4 is 11.8 Å². The van der Waals surface area contributed by atoms with Gasteiger partial charge in [-0.05, 0) is 12.1 Å². The standard InChI is InChI=1S/C16H17N5O2S/c1-4-9-21-15(12-7-5-6-8-13(12)22-3)19-20-16(21)24-10-14-18-17-11(2)23-14/h4-8H,1,9-10H2,2-3H3. The molecule has 2 aromatic heterocycles. The van der Waals surface area contributed by atoms with Crippen LogP contribution in [0.25, 0.3) is 11.4 Å². The number of hydrogen-bond acceptors (Lipinski definition) is 7. The summed E-state index contributed by atoms with van der Waals surface area (Å²) in [6.07, 6.45) is 1.81. The van der Waals surface area contributed by atoms with Gasteiger partial charge in [0.15, 0.2) is 11.0 Å². The number of hydrogen-bond donors (Lipinski definition) is 0. The number of rotatable bonds is 7. The van der Waals surface area contributed by atoms with Gasteiger partial charge in [0.05, 0.1) is 18.4 Å². The summed E-state index contributed by atoms with van der Waals surface area (Å²) < 4.78 is 12.8. The molecule has 0 fully saturated rings. The zero-order chi connectivity index (χ0) is 16.9. The van der Waals surface area contributed by atoms with E-state index < -0.39 is 0 Å². The number of aryl methyl sites for hydroxylation is 1. The molecule has 0 radical (unpaired) electrons. The monoisotopic (exact) mass is 343 g/mol. The number of para-hydroxylation sites is 1. The number of aromatic nitrogens is 5. The van der Waals surface area contributed by atoms with Gasteiger partial charge in [0.2, 0.25) is 11.8 Å². The Bertz CT molecular complexity index is 843. The van der Waals surface area contributed by atoms with Crippen LogP contribution in [-0.2, 0) is 12.3 Å². The summed E-state index contributed by atoms with van der Waals surface area (Å²) in [4.78, 5) is 0. The van der Waals surface area contributed by atoms with Crippen molar-refractivity contribution in [2.24, 2.45) is 0 Å². The molecule has 0 saturated carbocycles. The lowest BCUT2D eigenvalue weighted by atomic mass is 10.2. The third-order valence-corrected chi connectivity index (χ3v) is 4.22. The third kappa shape index (κ3) is 3.33. The summed E-state index contributed by atoms with van der Waals surface area (Å²) in [5, 5.41) is 17.2. The summed E-state index contributed by atoms with van der Waals surface area (Å²) >= 11 is 1.49. The largest absolute Gasteiger partial charge is 0.496 e. The molecule has 0 aliphatic rings. The van der Waals surface area contributed by atoms with Crippen LogP contribution >= 0.6 is 11.8 Å². The van der Waals surface area contributed by atoms with Gasteiger partial charge in [-0.25, -0.2) is 0 Å². The SMILES string of the molecule is C=CCn1c(SCc2nnc(C)o2)nnc1-c1ccccc1OC. The van der Waals surface area contributed by atoms with Gasteiger partial charge < -0.3 is 9.15 Å². The molecule has 0 amide bonds. The van der Waals surface area contributed by atoms with Crippen LogP contribution in [0.4, 0.5) is 0 Å². The van der Waals surface area contributed by atoms with Crippen molar-refractivity contribution in [3.8, 4) is 17.1 Å². The van der Waals surface area contributed by atoms with E-state index in [1.165, 1.54) is 11.8 Å². The zero-order valence-electron chi connectivity index (χ0n) is 13.5. The van der Waals surface area contributed by atoms with Gasteiger partial charge in [-0.1, -0.05) is 30.0 Å². The van der Waals surface area contributed by atoms with Crippen LogP contribution in [0.1, 0.15) is 11.8 Å². The molecule has 1 aromatic carbocycles. The van der Waals surface area contributed by atoms with Crippen LogP contribution in [0, 0.1) is 6.92 Å². The lowest BCUT2D eigenvalue weighted by molar-refractivity contribution is 0.416. The zero-order valence-corrected chi connectivity index (χ0v) is 14.3. The van der Waals surface area contributed by atoms with Gasteiger partial charge in [-0.3, -0.25) is 4.57 Å². The predicted octanol–water partition coefficient (Wildman–Crippen LogP) is 3.12. The van der Waals surface area contributed by atoms with Crippen LogP contribution in [0.2, 0.25) is 0 Å². The number of benzene rings is 1. The molecule has 0 atom stereocenters. The number of thioether (sulfide) groups is 1. The first kappa shape index (κ1) is 16.3. The molecular formula is C16H17N5O2S. The summed E-state index contributed by atoms with van der Waals surface area (Å²) in [6.45, 7) is 6.17. The van der Waals surface area contributed by atoms with Gasteiger partial charge in [0, 0.05) is 13.5 Å². The summed E-state index contributed by atoms with van der Waals surface area (Å²) in [5.74, 6) is 3.12. The fourth-order valence-electron chi connectivity index (χ4n) is 2.24. The number of ether oxygens (including phenoxy) is 1. The second-order valence-electron chi connectivity index (χ2n) is 4.91. The van der Waals surface area contributed by atoms with Crippen LogP contribution in [0.15, 0.2) is 46.5 Å². The number of methoxy groups -OCH3 is 1. The minimum Gasteiger partial charge on any atom is -0.496 e. The Balaban J connectivity index is 1.91. The van der Waals surface area contributed by atoms with Crippen molar-refractivity contribution in [2.75, 3.05) is 7.11 Å². The molecule has 3 rings (SSSR count). The normalized spacial score (nSPS) is 10.8. The van der Waals surface area contributed by atoms with Crippen molar-refractivity contribution in [3.05, 3.63) is 48.7 Å². The topological polar surface area (TPSA) is 78.9 Å². The highest BCUT2D eigenvalue weighted by Crippen LogP contribution is 2.31. The number of nitrogens with zero attached hydrogens (tertiary/aromatic N) is 5. The summed E-state index contributed by atoms with van der Waals surface area (Å²) in [6, 6.07) is 7.72. The highest BCUT2D eigenvalue weighted by atomic mass is 32.2. The Labute approximate surface area is 143 Å². The lowest BCUT2D eigenvalue weighted by Crippen LogP contribution is -2.01. The van der Waals surface area contributed by atoms with Crippen LogP contribution in [-0.4, -0.2) is 32.1 Å². The molecular weight excluding hydrogens is 326 g/mol. The second kappa shape index (κ2) is 7.31. The van der Waals surface area contributed by atoms with Crippen molar-refractivity contribution < 1.29 is 9.15 Å². The highest BCUT2D eigenvalue weighted by Gasteiger charge is 2.17. The van der Waals surface area contributed by atoms with E-state index >= 15 is 0 Å². The summed E-state index contributed by atoms with van der Waals surface area (Å²) in [7, 11) is 1.64. The third-order valence-electron chi connectivity index (χ3n) is 3.27. The maximum absolute atomic E-state index is 5.43. The van der Waals surface area contributed by atoms with E-state index in [-0.39, 0.29) is 0 Å². The Morgan fingerprint density at radius 2 is 2.08 bits per heavy atom. The van der Waals surface area contributed by atoms with Crippen molar-refractivity contribution in [1.29, 1.82) is 0 Å². The fraction of sp³-hybridized carbons (Fsp3) is 0.250. The van der Waals surface area contributed by atoms with E-state index in [1.807, 2.05) is 34.9 Å². The van der Waals surface area contributed by atoms with Gasteiger partial charge >= 0.3 is 0 Å². The first-order valence-electron chi connectivity index (χ1n) is 7.32. The Morgan fingerprint density at radius 1 is 1.25 bits per heavy atom. The highest BCUT2D eigenvalue weighted by molar-refractivity contribution is 7.98. The van der Waals surface area contributed by atoms with Crippen molar-refractivity contribution in [2.45, 2.75) is 24.4 Å². The molecule has 0 aliphatic carbocycles. The van der Waals surface area contributed by atoms with E-state index in [0.29, 0.717) is 24.1 Å². The molecule has 0 unspecified atom stereocenters. The minimum atomic E-state index is 0.530. The molecule has 24 heavy (non-hydrogen) atoms. The maximum atomic E-state index is 5.43. The minimum absolute atomic E-state index is 0.530. The first-order chi connectivity index (χ1) is 11.7. The molecule has 0 saturated heterocycles. The van der Waals surface area contributed by atoms with Crippen LogP contribution in [0.5, 0.6) is 5.75 Å². The molecule has 3 aromatic rings. The molecule has 0 bridgehead atoms. The van der Waals surface area contributed by atoms with E-state index in [2.05, 4.69) is 27.0 Å². The Hall–Kier alpha value is -2.61. The van der Waals surface area contributed by atoms with Crippen LogP contribution < -0.4 is 4.74 Å². The number of allylic oxidation sites excluding steroid dienone is 1. The smallest absolute Gasteiger partial charge is 0.226 e. The maximum Gasteiger partial charge on any atom is 0.226 e. The lowest BCUT2D eigenvalue weighted by Gasteiger charge is -2.10. The fourth-order valence-corrected chi connectivity index (χ4v) is 3.02. The Morgan fingerprint density at radius 3 is 2.79 bits per heavy atom. The van der Waals surface area contributed by atoms with E-state index in [9.17, 15) is 0 Å². The van der Waals surface area contributed by atoms with E-state index in [1.54, 1.807) is 14.0 Å². The molecule has 2 heterocycles. The second-order valence-corrected chi connectivity index (χ2v) is 5.85. The van der Waals surface area contributed by atoms with E-state index in [4.69, 9.17) is 9.15 Å². The van der Waals surface area contributed by atoms with Crippen LogP contribution in [0.3, 0.4) is 0 Å². The van der Waals surface area contributed by atoms with Gasteiger partial charge in [-0.15, -0.1) is 27.0 Å². The summed E-state index contributed by atoms with van der Waals surface area (Å²) in [5.41, 5.74) is 0.884. The first-order valence-corrected chi connectivity index (χ1v) is 8.30. The molecule has 0 N–H and O–H groups in total. The van der Waals surface area contributed by atoms with Crippen molar-refractivity contribution in [1.82, 2.24) is 25.0 Å². The Kier molecular flexibility index (Phi) is 4.95. The molecule has 8 heteroatoms. The van der Waals surface area contributed by atoms with Crippen molar-refractivity contribution in [3.63, 3.8) is 0 Å².